The van der Waals surface area contributed by atoms with Crippen LogP contribution in [0.2, 0.25) is 0 Å². The normalized spacial score (nSPS) is 12.5. The lowest BCUT2D eigenvalue weighted by molar-refractivity contribution is -0.672. The number of nitrogens with zero attached hydrogens (tertiary/aromatic N) is 3. The molecule has 1 atom stereocenters. The van der Waals surface area contributed by atoms with Crippen molar-refractivity contribution in [3.8, 4) is 0 Å². The number of nitrogens with one attached hydrogen (secondary N) is 1. The molecule has 0 aliphatic heterocycles. The highest BCUT2D eigenvalue weighted by Gasteiger charge is 2.22. The molecule has 5 N–H and O–H groups in total. The summed E-state index contributed by atoms with van der Waals surface area (Å²) in [5, 5.41) is 30.4. The SMILES string of the molecule is NCCC(CN)Nc1n[n+]([O-])c2ccccc2[n+]1[O-]. The molecule has 0 amide bonds. The average Bonchev–Trinajstić information content (AvgIpc) is 2.44. The summed E-state index contributed by atoms with van der Waals surface area (Å²) < 4.78 is 0.586. The van der Waals surface area contributed by atoms with Crippen molar-refractivity contribution in [3.05, 3.63) is 34.7 Å². The van der Waals surface area contributed by atoms with E-state index in [2.05, 4.69) is 10.4 Å². The van der Waals surface area contributed by atoms with Crippen molar-refractivity contribution >= 4 is 17.0 Å². The van der Waals surface area contributed by atoms with E-state index in [1.165, 1.54) is 6.07 Å². The van der Waals surface area contributed by atoms with Crippen molar-refractivity contribution in [2.75, 3.05) is 18.4 Å². The number of aromatic nitrogens is 3. The van der Waals surface area contributed by atoms with Gasteiger partial charge in [-0.25, -0.2) is 4.73 Å². The molecule has 19 heavy (non-hydrogen) atoms. The number of hydrogen-bond acceptors (Lipinski definition) is 6. The maximum Gasteiger partial charge on any atom is 0.461 e. The maximum absolute atomic E-state index is 12.1. The van der Waals surface area contributed by atoms with Gasteiger partial charge in [0.15, 0.2) is 5.52 Å². The van der Waals surface area contributed by atoms with E-state index < -0.39 is 0 Å². The summed E-state index contributed by atoms with van der Waals surface area (Å²) in [5.74, 6) is -0.0717. The molecular weight excluding hydrogens is 248 g/mol. The molecule has 0 aliphatic carbocycles. The Hall–Kier alpha value is -2.19. The van der Waals surface area contributed by atoms with E-state index in [-0.39, 0.29) is 23.0 Å². The number of hydrogen-bond donors (Lipinski definition) is 3. The van der Waals surface area contributed by atoms with Crippen molar-refractivity contribution in [3.63, 3.8) is 0 Å². The Morgan fingerprint density at radius 2 is 1.89 bits per heavy atom. The Balaban J connectivity index is 2.41. The third-order valence-corrected chi connectivity index (χ3v) is 2.82. The van der Waals surface area contributed by atoms with Gasteiger partial charge >= 0.3 is 5.95 Å². The summed E-state index contributed by atoms with van der Waals surface area (Å²) in [7, 11) is 0. The van der Waals surface area contributed by atoms with Crippen molar-refractivity contribution in [1.82, 2.24) is 5.10 Å². The molecule has 8 heteroatoms. The number of anilines is 1. The van der Waals surface area contributed by atoms with Crippen LogP contribution in [0.15, 0.2) is 24.3 Å². The van der Waals surface area contributed by atoms with Crippen molar-refractivity contribution in [1.29, 1.82) is 0 Å². The van der Waals surface area contributed by atoms with Gasteiger partial charge in [0.1, 0.15) is 0 Å². The fraction of sp³-hybridized carbons (Fsp3) is 0.364. The second kappa shape index (κ2) is 5.63. The first kappa shape index (κ1) is 13.2. The summed E-state index contributed by atoms with van der Waals surface area (Å²) in [6.07, 6.45) is 0.587. The van der Waals surface area contributed by atoms with Crippen LogP contribution in [-0.2, 0) is 0 Å². The molecule has 0 radical (unpaired) electrons. The highest BCUT2D eigenvalue weighted by Crippen LogP contribution is 2.06. The molecule has 2 aromatic rings. The zero-order valence-corrected chi connectivity index (χ0v) is 10.3. The lowest BCUT2D eigenvalue weighted by atomic mass is 10.2. The molecule has 0 spiro atoms. The largest absolute Gasteiger partial charge is 0.739 e. The Morgan fingerprint density at radius 3 is 2.53 bits per heavy atom. The van der Waals surface area contributed by atoms with Crippen LogP contribution in [0, 0.1) is 10.4 Å². The molecule has 1 aromatic heterocycles. The second-order valence-electron chi connectivity index (χ2n) is 4.13. The maximum atomic E-state index is 12.1. The predicted octanol–water partition coefficient (Wildman–Crippen LogP) is -1.41. The minimum atomic E-state index is -0.195. The number of para-hydroxylation sites is 2. The predicted molar refractivity (Wildman–Crippen MR) is 69.8 cm³/mol. The van der Waals surface area contributed by atoms with Gasteiger partial charge in [0.05, 0.1) is 6.04 Å². The first-order valence-corrected chi connectivity index (χ1v) is 5.96. The lowest BCUT2D eigenvalue weighted by Crippen LogP contribution is -2.46. The van der Waals surface area contributed by atoms with Gasteiger partial charge in [-0.3, -0.25) is 5.32 Å². The topological polar surface area (TPSA) is 131 Å². The molecule has 8 nitrogen and oxygen atoms in total. The van der Waals surface area contributed by atoms with E-state index in [9.17, 15) is 10.4 Å². The van der Waals surface area contributed by atoms with Gasteiger partial charge in [-0.05, 0) is 19.0 Å². The Kier molecular flexibility index (Phi) is 3.93. The van der Waals surface area contributed by atoms with Crippen LogP contribution >= 0.6 is 0 Å². The Labute approximate surface area is 109 Å². The molecule has 102 valence electrons. The number of nitrogens with two attached hydrogens (primary N) is 2. The number of rotatable bonds is 5. The first-order valence-electron chi connectivity index (χ1n) is 5.96. The van der Waals surface area contributed by atoms with Crippen molar-refractivity contribution < 1.29 is 9.58 Å². The molecular formula is C11H16N6O2. The van der Waals surface area contributed by atoms with Crippen LogP contribution in [0.1, 0.15) is 6.42 Å². The monoisotopic (exact) mass is 264 g/mol. The molecule has 0 aliphatic rings. The molecule has 1 aromatic carbocycles. The molecule has 0 fully saturated rings. The van der Waals surface area contributed by atoms with Crippen LogP contribution in [-0.4, -0.2) is 24.2 Å². The first-order chi connectivity index (χ1) is 9.17. The molecule has 2 rings (SSSR count). The van der Waals surface area contributed by atoms with Crippen LogP contribution in [0.25, 0.3) is 11.0 Å². The third kappa shape index (κ3) is 2.64. The minimum absolute atomic E-state index is 0.0717. The number of benzene rings is 1. The summed E-state index contributed by atoms with van der Waals surface area (Å²) in [6.45, 7) is 0.725. The molecule has 1 unspecified atom stereocenters. The van der Waals surface area contributed by atoms with E-state index in [1.807, 2.05) is 0 Å². The van der Waals surface area contributed by atoms with E-state index >= 15 is 0 Å². The van der Waals surface area contributed by atoms with Gasteiger partial charge in [-0.15, -0.1) is 0 Å². The van der Waals surface area contributed by atoms with Gasteiger partial charge in [0, 0.05) is 17.5 Å². The fourth-order valence-electron chi connectivity index (χ4n) is 1.81. The summed E-state index contributed by atoms with van der Waals surface area (Å²) in [5.41, 5.74) is 11.5. The Morgan fingerprint density at radius 1 is 1.21 bits per heavy atom. The molecule has 0 saturated carbocycles. The fourth-order valence-corrected chi connectivity index (χ4v) is 1.81. The Bertz CT molecular complexity index is 576. The second-order valence-corrected chi connectivity index (χ2v) is 4.13. The van der Waals surface area contributed by atoms with Gasteiger partial charge in [-0.2, -0.15) is 0 Å². The van der Waals surface area contributed by atoms with E-state index in [0.29, 0.717) is 29.1 Å². The summed E-state index contributed by atoms with van der Waals surface area (Å²) in [6, 6.07) is 6.25. The number of fused-ring (bicyclic) bond motifs is 1. The minimum Gasteiger partial charge on any atom is -0.739 e. The quantitative estimate of drug-likeness (QED) is 0.449. The zero-order chi connectivity index (χ0) is 13.8. The van der Waals surface area contributed by atoms with Gasteiger partial charge < -0.3 is 21.9 Å². The van der Waals surface area contributed by atoms with Gasteiger partial charge in [0.25, 0.3) is 5.52 Å². The van der Waals surface area contributed by atoms with Gasteiger partial charge in [-0.1, -0.05) is 12.1 Å². The average molecular weight is 264 g/mol. The van der Waals surface area contributed by atoms with Crippen LogP contribution in [0.4, 0.5) is 5.95 Å². The van der Waals surface area contributed by atoms with Crippen LogP contribution in [0.5, 0.6) is 0 Å². The molecule has 0 bridgehead atoms. The highest BCUT2D eigenvalue weighted by molar-refractivity contribution is 5.67. The van der Waals surface area contributed by atoms with Crippen LogP contribution < -0.4 is 26.4 Å². The smallest absolute Gasteiger partial charge is 0.461 e. The van der Waals surface area contributed by atoms with E-state index in [0.717, 1.165) is 0 Å². The van der Waals surface area contributed by atoms with Gasteiger partial charge in [0.2, 0.25) is 5.10 Å². The standard InChI is InChI=1S/C11H16N6O2/c12-6-5-8(7-13)14-11-15-17(19)10-4-2-1-3-9(10)16(11)18/h1-4,8H,5-7,12-13H2,(H,14,15). The van der Waals surface area contributed by atoms with Crippen molar-refractivity contribution in [2.45, 2.75) is 12.5 Å². The molecule has 0 saturated heterocycles. The van der Waals surface area contributed by atoms with Crippen molar-refractivity contribution in [2.24, 2.45) is 11.5 Å². The highest BCUT2D eigenvalue weighted by atomic mass is 16.5. The lowest BCUT2D eigenvalue weighted by Gasteiger charge is -2.14. The third-order valence-electron chi connectivity index (χ3n) is 2.82. The van der Waals surface area contributed by atoms with E-state index in [4.69, 9.17) is 11.5 Å². The van der Waals surface area contributed by atoms with E-state index in [1.54, 1.807) is 18.2 Å². The summed E-state index contributed by atoms with van der Waals surface area (Å²) >= 11 is 0. The molecule has 1 heterocycles. The zero-order valence-electron chi connectivity index (χ0n) is 10.3. The van der Waals surface area contributed by atoms with Crippen LogP contribution in [0.3, 0.4) is 0 Å². The summed E-state index contributed by atoms with van der Waals surface area (Å²) in [4.78, 5) is 0.419.